The van der Waals surface area contributed by atoms with Crippen LogP contribution >= 0.6 is 0 Å². The van der Waals surface area contributed by atoms with Crippen LogP contribution in [-0.4, -0.2) is 45.7 Å². The summed E-state index contributed by atoms with van der Waals surface area (Å²) in [6, 6.07) is 17.1. The van der Waals surface area contributed by atoms with Crippen molar-refractivity contribution in [2.24, 2.45) is 0 Å². The van der Waals surface area contributed by atoms with Crippen LogP contribution in [0.2, 0.25) is 0 Å². The van der Waals surface area contributed by atoms with Gasteiger partial charge >= 0.3 is 0 Å². The molecular formula is C24H33N3O2+2. The number of rotatable bonds is 6. The Morgan fingerprint density at radius 2 is 1.76 bits per heavy atom. The summed E-state index contributed by atoms with van der Waals surface area (Å²) in [7, 11) is 1.70. The van der Waals surface area contributed by atoms with Crippen molar-refractivity contribution in [2.75, 3.05) is 39.8 Å². The minimum Gasteiger partial charge on any atom is -0.497 e. The average Bonchev–Trinajstić information content (AvgIpc) is 2.76. The lowest BCUT2D eigenvalue weighted by Gasteiger charge is -2.30. The van der Waals surface area contributed by atoms with Gasteiger partial charge in [-0.2, -0.15) is 0 Å². The lowest BCUT2D eigenvalue weighted by Crippen LogP contribution is -3.28. The maximum absolute atomic E-state index is 12.7. The molecule has 0 spiro atoms. The van der Waals surface area contributed by atoms with Gasteiger partial charge in [-0.05, 0) is 54.7 Å². The van der Waals surface area contributed by atoms with Gasteiger partial charge in [-0.1, -0.05) is 24.3 Å². The van der Waals surface area contributed by atoms with E-state index in [1.807, 2.05) is 12.1 Å². The van der Waals surface area contributed by atoms with E-state index in [1.54, 1.807) is 12.0 Å². The van der Waals surface area contributed by atoms with Crippen molar-refractivity contribution in [1.29, 1.82) is 0 Å². The van der Waals surface area contributed by atoms with Crippen LogP contribution in [0.4, 0.5) is 0 Å². The Hall–Kier alpha value is -2.37. The molecule has 154 valence electrons. The van der Waals surface area contributed by atoms with E-state index in [2.05, 4.69) is 41.7 Å². The van der Waals surface area contributed by atoms with E-state index in [0.717, 1.165) is 57.7 Å². The van der Waals surface area contributed by atoms with Gasteiger partial charge in [0.15, 0.2) is 6.54 Å². The first-order chi connectivity index (χ1) is 14.2. The van der Waals surface area contributed by atoms with E-state index >= 15 is 0 Å². The Kier molecular flexibility index (Phi) is 6.47. The lowest BCUT2D eigenvalue weighted by atomic mass is 9.88. The minimum absolute atomic E-state index is 0.189. The van der Waals surface area contributed by atoms with Gasteiger partial charge in [0.1, 0.15) is 38.5 Å². The summed E-state index contributed by atoms with van der Waals surface area (Å²) in [5.74, 6) is 1.10. The van der Waals surface area contributed by atoms with Crippen molar-refractivity contribution in [1.82, 2.24) is 5.32 Å². The van der Waals surface area contributed by atoms with Crippen molar-refractivity contribution in [3.05, 3.63) is 65.2 Å². The van der Waals surface area contributed by atoms with Gasteiger partial charge in [0.05, 0.1) is 13.2 Å². The molecule has 2 aliphatic rings. The Labute approximate surface area is 173 Å². The molecule has 5 nitrogen and oxygen atoms in total. The van der Waals surface area contributed by atoms with Crippen molar-refractivity contribution in [3.63, 3.8) is 0 Å². The fraction of sp³-hybridized carbons (Fsp3) is 0.458. The van der Waals surface area contributed by atoms with Gasteiger partial charge in [0.2, 0.25) is 0 Å². The topological polar surface area (TPSA) is 47.2 Å². The summed E-state index contributed by atoms with van der Waals surface area (Å²) in [6.07, 6.45) is 3.34. The fourth-order valence-corrected chi connectivity index (χ4v) is 4.72. The summed E-state index contributed by atoms with van der Waals surface area (Å²) in [4.78, 5) is 15.7. The molecule has 0 radical (unpaired) electrons. The van der Waals surface area contributed by atoms with Gasteiger partial charge in [-0.25, -0.2) is 0 Å². The molecule has 2 aromatic rings. The van der Waals surface area contributed by atoms with Crippen molar-refractivity contribution >= 4 is 5.91 Å². The zero-order chi connectivity index (χ0) is 20.1. The second-order valence-electron chi connectivity index (χ2n) is 8.41. The third-order valence-electron chi connectivity index (χ3n) is 6.39. The molecule has 5 heteroatoms. The highest BCUT2D eigenvalue weighted by Gasteiger charge is 2.27. The first-order valence-electron chi connectivity index (χ1n) is 10.9. The van der Waals surface area contributed by atoms with Gasteiger partial charge in [-0.3, -0.25) is 4.79 Å². The number of aryl methyl sites for hydroxylation is 1. The van der Waals surface area contributed by atoms with E-state index in [-0.39, 0.29) is 11.9 Å². The maximum atomic E-state index is 12.7. The molecule has 3 N–H and O–H groups in total. The highest BCUT2D eigenvalue weighted by atomic mass is 16.5. The normalized spacial score (nSPS) is 23.8. The van der Waals surface area contributed by atoms with Crippen LogP contribution in [0.25, 0.3) is 0 Å². The van der Waals surface area contributed by atoms with E-state index in [1.165, 1.54) is 21.6 Å². The van der Waals surface area contributed by atoms with E-state index in [4.69, 9.17) is 4.74 Å². The molecule has 1 saturated heterocycles. The summed E-state index contributed by atoms with van der Waals surface area (Å²) in [5.41, 5.74) is 4.06. The van der Waals surface area contributed by atoms with E-state index < -0.39 is 0 Å². The first-order valence-corrected chi connectivity index (χ1v) is 10.9. The second-order valence-corrected chi connectivity index (χ2v) is 8.41. The number of piperazine rings is 1. The van der Waals surface area contributed by atoms with Crippen molar-refractivity contribution in [3.8, 4) is 5.75 Å². The minimum atomic E-state index is 0.189. The highest BCUT2D eigenvalue weighted by Crippen LogP contribution is 2.29. The molecule has 1 aliphatic carbocycles. The zero-order valence-electron chi connectivity index (χ0n) is 17.4. The van der Waals surface area contributed by atoms with Gasteiger partial charge in [0.25, 0.3) is 5.91 Å². The monoisotopic (exact) mass is 395 g/mol. The van der Waals surface area contributed by atoms with Crippen LogP contribution in [0.3, 0.4) is 0 Å². The zero-order valence-corrected chi connectivity index (χ0v) is 17.4. The Balaban J connectivity index is 1.23. The predicted octanol–water partition coefficient (Wildman–Crippen LogP) is 0.172. The Bertz CT molecular complexity index is 813. The van der Waals surface area contributed by atoms with E-state index in [0.29, 0.717) is 6.54 Å². The molecule has 1 aliphatic heterocycles. The fourth-order valence-electron chi connectivity index (χ4n) is 4.72. The van der Waals surface area contributed by atoms with Gasteiger partial charge in [0, 0.05) is 5.56 Å². The lowest BCUT2D eigenvalue weighted by molar-refractivity contribution is -1.02. The number of ether oxygens (including phenoxy) is 1. The molecule has 0 saturated carbocycles. The van der Waals surface area contributed by atoms with Crippen LogP contribution in [-0.2, 0) is 17.8 Å². The van der Waals surface area contributed by atoms with Crippen molar-refractivity contribution in [2.45, 2.75) is 31.8 Å². The average molecular weight is 396 g/mol. The standard InChI is InChI=1S/C24H31N3O2/c1-29-21-11-9-19(10-12-21)17-26-13-15-27(16-14-26)18-24(28)25-23-8-4-6-20-5-2-3-7-22(20)23/h2-3,5,7,9-12,23H,4,6,8,13-18H2,1H3,(H,25,28)/p+2/t23-/m0/s1. The Morgan fingerprint density at radius 3 is 2.52 bits per heavy atom. The van der Waals surface area contributed by atoms with Crippen LogP contribution in [0.5, 0.6) is 5.75 Å². The number of hydrogen-bond donors (Lipinski definition) is 3. The number of carbonyl (C=O) groups excluding carboxylic acids is 1. The van der Waals surface area contributed by atoms with Gasteiger partial charge in [-0.15, -0.1) is 0 Å². The summed E-state index contributed by atoms with van der Waals surface area (Å²) < 4.78 is 5.24. The number of quaternary nitrogens is 2. The molecule has 4 rings (SSSR count). The van der Waals surface area contributed by atoms with Crippen LogP contribution in [0, 0.1) is 0 Å². The number of amides is 1. The SMILES string of the molecule is COc1ccc(C[NH+]2CC[NH+](CC(=O)N[C@H]3CCCc4ccccc43)CC2)cc1. The third kappa shape index (κ3) is 5.17. The molecule has 1 atom stereocenters. The molecule has 0 bridgehead atoms. The summed E-state index contributed by atoms with van der Waals surface area (Å²) >= 11 is 0. The van der Waals surface area contributed by atoms with Crippen LogP contribution in [0.1, 0.15) is 35.6 Å². The largest absolute Gasteiger partial charge is 0.497 e. The Morgan fingerprint density at radius 1 is 1.03 bits per heavy atom. The molecule has 1 fully saturated rings. The number of benzene rings is 2. The molecule has 0 aromatic heterocycles. The molecule has 29 heavy (non-hydrogen) atoms. The molecular weight excluding hydrogens is 362 g/mol. The predicted molar refractivity (Wildman–Crippen MR) is 113 cm³/mol. The van der Waals surface area contributed by atoms with Gasteiger partial charge < -0.3 is 19.9 Å². The van der Waals surface area contributed by atoms with Crippen LogP contribution < -0.4 is 19.9 Å². The van der Waals surface area contributed by atoms with Crippen LogP contribution in [0.15, 0.2) is 48.5 Å². The number of fused-ring (bicyclic) bond motifs is 1. The third-order valence-corrected chi connectivity index (χ3v) is 6.39. The quantitative estimate of drug-likeness (QED) is 0.653. The maximum Gasteiger partial charge on any atom is 0.275 e. The second kappa shape index (κ2) is 9.42. The molecule has 0 unspecified atom stereocenters. The van der Waals surface area contributed by atoms with Crippen molar-refractivity contribution < 1.29 is 19.3 Å². The smallest absolute Gasteiger partial charge is 0.275 e. The summed E-state index contributed by atoms with van der Waals surface area (Å²) in [6.45, 7) is 5.97. The molecule has 1 heterocycles. The number of nitrogens with one attached hydrogen (secondary N) is 3. The van der Waals surface area contributed by atoms with E-state index in [9.17, 15) is 4.79 Å². The summed E-state index contributed by atoms with van der Waals surface area (Å²) in [5, 5.41) is 3.31. The highest BCUT2D eigenvalue weighted by molar-refractivity contribution is 5.77. The number of carbonyl (C=O) groups is 1. The number of hydrogen-bond acceptors (Lipinski definition) is 2. The number of methoxy groups -OCH3 is 1. The molecule has 1 amide bonds. The first kappa shape index (κ1) is 19.9. The molecule has 2 aromatic carbocycles.